The third kappa shape index (κ3) is 2.57. The van der Waals surface area contributed by atoms with Crippen LogP contribution in [0.25, 0.3) is 16.7 Å². The summed E-state index contributed by atoms with van der Waals surface area (Å²) in [6.45, 7) is 3.08. The summed E-state index contributed by atoms with van der Waals surface area (Å²) in [6, 6.07) is 14.6. The summed E-state index contributed by atoms with van der Waals surface area (Å²) < 4.78 is 4.21. The van der Waals surface area contributed by atoms with Crippen molar-refractivity contribution in [2.45, 2.75) is 25.3 Å². The minimum absolute atomic E-state index is 0.533. The first-order chi connectivity index (χ1) is 12.8. The number of benzene rings is 1. The first-order valence-electron chi connectivity index (χ1n) is 9.21. The molecule has 6 heteroatoms. The second-order valence-electron chi connectivity index (χ2n) is 7.12. The van der Waals surface area contributed by atoms with Gasteiger partial charge in [0.1, 0.15) is 12.2 Å². The van der Waals surface area contributed by atoms with Crippen molar-refractivity contribution in [2.75, 3.05) is 13.1 Å². The molecule has 0 atom stereocenters. The molecule has 26 heavy (non-hydrogen) atoms. The molecule has 0 radical (unpaired) electrons. The van der Waals surface area contributed by atoms with Gasteiger partial charge in [0.05, 0.1) is 16.7 Å². The molecular weight excluding hydrogens is 324 g/mol. The highest BCUT2D eigenvalue weighted by molar-refractivity contribution is 5.75. The summed E-state index contributed by atoms with van der Waals surface area (Å²) in [4.78, 5) is 11.7. The lowest BCUT2D eigenvalue weighted by Crippen LogP contribution is -2.33. The fourth-order valence-electron chi connectivity index (χ4n) is 4.13. The van der Waals surface area contributed by atoms with E-state index in [1.165, 1.54) is 17.0 Å². The van der Waals surface area contributed by atoms with Gasteiger partial charge >= 0.3 is 0 Å². The molecule has 0 amide bonds. The van der Waals surface area contributed by atoms with Crippen LogP contribution >= 0.6 is 0 Å². The van der Waals surface area contributed by atoms with Gasteiger partial charge in [-0.1, -0.05) is 18.2 Å². The number of rotatable bonds is 3. The fourth-order valence-corrected chi connectivity index (χ4v) is 4.13. The van der Waals surface area contributed by atoms with E-state index in [2.05, 4.69) is 63.0 Å². The molecule has 1 aromatic carbocycles. The maximum Gasteiger partial charge on any atom is 0.155 e. The smallest absolute Gasteiger partial charge is 0.155 e. The molecule has 4 aromatic rings. The van der Waals surface area contributed by atoms with Gasteiger partial charge in [-0.3, -0.25) is 4.90 Å². The lowest BCUT2D eigenvalue weighted by molar-refractivity contribution is 0.197. The molecule has 4 heterocycles. The van der Waals surface area contributed by atoms with Gasteiger partial charge in [0.2, 0.25) is 0 Å². The van der Waals surface area contributed by atoms with Crippen LogP contribution < -0.4 is 0 Å². The quantitative estimate of drug-likeness (QED) is 0.572. The summed E-state index contributed by atoms with van der Waals surface area (Å²) in [5.41, 5.74) is 4.44. The van der Waals surface area contributed by atoms with E-state index in [1.54, 1.807) is 6.33 Å². The van der Waals surface area contributed by atoms with Crippen molar-refractivity contribution in [3.63, 3.8) is 0 Å². The highest BCUT2D eigenvalue weighted by Crippen LogP contribution is 2.30. The maximum absolute atomic E-state index is 4.90. The van der Waals surface area contributed by atoms with Gasteiger partial charge in [0, 0.05) is 19.5 Å². The highest BCUT2D eigenvalue weighted by atomic mass is 15.3. The first kappa shape index (κ1) is 15.5. The zero-order valence-corrected chi connectivity index (χ0v) is 14.9. The summed E-state index contributed by atoms with van der Waals surface area (Å²) in [7, 11) is 2.14. The number of pyridine rings is 1. The van der Waals surface area contributed by atoms with Crippen molar-refractivity contribution in [1.29, 1.82) is 0 Å². The molecule has 5 rings (SSSR count). The Labute approximate surface area is 152 Å². The molecule has 1 aliphatic heterocycles. The van der Waals surface area contributed by atoms with Gasteiger partial charge in [-0.05, 0) is 50.2 Å². The average Bonchev–Trinajstić information content (AvgIpc) is 3.28. The largest absolute Gasteiger partial charge is 0.331 e. The maximum atomic E-state index is 4.90. The van der Waals surface area contributed by atoms with Crippen LogP contribution in [0.1, 0.15) is 30.3 Å². The van der Waals surface area contributed by atoms with E-state index in [-0.39, 0.29) is 0 Å². The monoisotopic (exact) mass is 346 g/mol. The summed E-state index contributed by atoms with van der Waals surface area (Å²) in [5.74, 6) is 1.76. The summed E-state index contributed by atoms with van der Waals surface area (Å²) >= 11 is 0. The molecule has 0 saturated carbocycles. The summed E-state index contributed by atoms with van der Waals surface area (Å²) in [6.07, 6.45) is 3.91. The first-order valence-corrected chi connectivity index (χ1v) is 9.21. The molecule has 0 aliphatic carbocycles. The fraction of sp³-hybridized carbons (Fsp3) is 0.350. The molecule has 1 aliphatic rings. The summed E-state index contributed by atoms with van der Waals surface area (Å²) in [5, 5.41) is 4.35. The number of para-hydroxylation sites is 2. The van der Waals surface area contributed by atoms with Crippen molar-refractivity contribution in [1.82, 2.24) is 29.0 Å². The molecule has 0 bridgehead atoms. The standard InChI is InChI=1S/C20H22N6/c1-24-18-7-3-2-6-17(18)23-20(24)15-9-11-25(12-10-15)13-16-5-4-8-19-21-14-22-26(16)19/h2-8,14-15H,9-13H2,1H3. The Bertz CT molecular complexity index is 1050. The number of aromatic nitrogens is 5. The van der Waals surface area contributed by atoms with E-state index in [1.807, 2.05) is 10.6 Å². The third-order valence-electron chi connectivity index (χ3n) is 5.54. The predicted octanol–water partition coefficient (Wildman–Crippen LogP) is 3.00. The zero-order valence-electron chi connectivity index (χ0n) is 14.9. The van der Waals surface area contributed by atoms with E-state index >= 15 is 0 Å². The van der Waals surface area contributed by atoms with Crippen molar-refractivity contribution in [3.05, 3.63) is 60.3 Å². The van der Waals surface area contributed by atoms with E-state index in [0.29, 0.717) is 5.92 Å². The van der Waals surface area contributed by atoms with Gasteiger partial charge < -0.3 is 4.57 Å². The highest BCUT2D eigenvalue weighted by Gasteiger charge is 2.25. The van der Waals surface area contributed by atoms with Crippen LogP contribution in [0.3, 0.4) is 0 Å². The minimum Gasteiger partial charge on any atom is -0.331 e. The molecule has 1 saturated heterocycles. The predicted molar refractivity (Wildman–Crippen MR) is 101 cm³/mol. The van der Waals surface area contributed by atoms with Crippen LogP contribution in [-0.4, -0.2) is 42.1 Å². The molecule has 6 nitrogen and oxygen atoms in total. The molecular formula is C20H22N6. The number of aryl methyl sites for hydroxylation is 1. The van der Waals surface area contributed by atoms with Gasteiger partial charge in [0.25, 0.3) is 0 Å². The Balaban J connectivity index is 1.31. The molecule has 132 valence electrons. The van der Waals surface area contributed by atoms with Crippen LogP contribution in [0.2, 0.25) is 0 Å². The number of fused-ring (bicyclic) bond motifs is 2. The lowest BCUT2D eigenvalue weighted by Gasteiger charge is -2.31. The number of likely N-dealkylation sites (tertiary alicyclic amines) is 1. The van der Waals surface area contributed by atoms with Crippen molar-refractivity contribution < 1.29 is 0 Å². The van der Waals surface area contributed by atoms with Gasteiger partial charge in [0.15, 0.2) is 5.65 Å². The Morgan fingerprint density at radius 1 is 1.04 bits per heavy atom. The van der Waals surface area contributed by atoms with E-state index in [0.717, 1.165) is 43.6 Å². The average molecular weight is 346 g/mol. The number of imidazole rings is 1. The Morgan fingerprint density at radius 2 is 1.88 bits per heavy atom. The number of nitrogens with zero attached hydrogens (tertiary/aromatic N) is 6. The molecule has 0 N–H and O–H groups in total. The van der Waals surface area contributed by atoms with Crippen molar-refractivity contribution in [2.24, 2.45) is 7.05 Å². The molecule has 0 spiro atoms. The van der Waals surface area contributed by atoms with Crippen molar-refractivity contribution >= 4 is 16.7 Å². The second kappa shape index (κ2) is 6.21. The number of hydrogen-bond donors (Lipinski definition) is 0. The molecule has 0 unspecified atom stereocenters. The Morgan fingerprint density at radius 3 is 2.73 bits per heavy atom. The van der Waals surface area contributed by atoms with Crippen molar-refractivity contribution in [3.8, 4) is 0 Å². The number of piperidine rings is 1. The van der Waals surface area contributed by atoms with Crippen LogP contribution in [0.5, 0.6) is 0 Å². The Hall–Kier alpha value is -2.73. The molecule has 3 aromatic heterocycles. The minimum atomic E-state index is 0.533. The van der Waals surface area contributed by atoms with Crippen LogP contribution in [-0.2, 0) is 13.6 Å². The van der Waals surface area contributed by atoms with Gasteiger partial charge in [-0.15, -0.1) is 0 Å². The van der Waals surface area contributed by atoms with Crippen LogP contribution in [0, 0.1) is 0 Å². The normalized spacial score (nSPS) is 16.7. The number of hydrogen-bond acceptors (Lipinski definition) is 4. The Kier molecular flexibility index (Phi) is 3.71. The third-order valence-corrected chi connectivity index (χ3v) is 5.54. The van der Waals surface area contributed by atoms with Crippen LogP contribution in [0.15, 0.2) is 48.8 Å². The van der Waals surface area contributed by atoms with Crippen LogP contribution in [0.4, 0.5) is 0 Å². The zero-order chi connectivity index (χ0) is 17.5. The van der Waals surface area contributed by atoms with E-state index < -0.39 is 0 Å². The van der Waals surface area contributed by atoms with Gasteiger partial charge in [-0.2, -0.15) is 5.10 Å². The lowest BCUT2D eigenvalue weighted by atomic mass is 9.96. The molecule has 1 fully saturated rings. The van der Waals surface area contributed by atoms with E-state index in [9.17, 15) is 0 Å². The van der Waals surface area contributed by atoms with E-state index in [4.69, 9.17) is 4.98 Å². The SMILES string of the molecule is Cn1c(C2CCN(Cc3cccc4ncnn34)CC2)nc2ccccc21. The topological polar surface area (TPSA) is 51.2 Å². The van der Waals surface area contributed by atoms with Gasteiger partial charge in [-0.25, -0.2) is 14.5 Å². The second-order valence-corrected chi connectivity index (χ2v) is 7.12.